The van der Waals surface area contributed by atoms with Crippen LogP contribution in [0, 0.1) is 23.7 Å². The van der Waals surface area contributed by atoms with E-state index in [1.807, 2.05) is 0 Å². The largest absolute Gasteiger partial charge is 0.352 e. The fourth-order valence-corrected chi connectivity index (χ4v) is 5.69. The van der Waals surface area contributed by atoms with E-state index in [0.717, 1.165) is 43.1 Å². The van der Waals surface area contributed by atoms with Crippen molar-refractivity contribution in [1.29, 1.82) is 0 Å². The summed E-state index contributed by atoms with van der Waals surface area (Å²) >= 11 is 0. The average Bonchev–Trinajstić information content (AvgIpc) is 3.13. The molecule has 21 heavy (non-hydrogen) atoms. The summed E-state index contributed by atoms with van der Waals surface area (Å²) in [6.07, 6.45) is 9.35. The van der Waals surface area contributed by atoms with Crippen molar-refractivity contribution in [3.05, 3.63) is 0 Å². The standard InChI is InChI=1S/C17H26N2O2/c20-16(10-19-7-2-1-6-17(19)21)18-15-9-11-8-14(15)13-5-3-4-12(11)13/h11-15H,1-10H2,(H,18,20)/t11-,12-,13+,14+,15-/m1/s1. The molecule has 4 nitrogen and oxygen atoms in total. The SMILES string of the molecule is O=C(CN1CCCCC1=O)N[C@@H]1C[C@H]2C[C@H]1[C@H]1CCC[C@H]21. The van der Waals surface area contributed by atoms with Crippen LogP contribution in [-0.4, -0.2) is 35.8 Å². The lowest BCUT2D eigenvalue weighted by molar-refractivity contribution is -0.138. The minimum Gasteiger partial charge on any atom is -0.352 e. The van der Waals surface area contributed by atoms with Crippen molar-refractivity contribution in [2.24, 2.45) is 23.7 Å². The van der Waals surface area contributed by atoms with Crippen LogP contribution in [0.4, 0.5) is 0 Å². The van der Waals surface area contributed by atoms with Gasteiger partial charge in [-0.1, -0.05) is 6.42 Å². The number of nitrogens with one attached hydrogen (secondary N) is 1. The van der Waals surface area contributed by atoms with E-state index < -0.39 is 0 Å². The molecule has 3 aliphatic carbocycles. The van der Waals surface area contributed by atoms with Crippen LogP contribution in [0.5, 0.6) is 0 Å². The molecule has 3 saturated carbocycles. The third-order valence-corrected chi connectivity index (χ3v) is 6.53. The van der Waals surface area contributed by atoms with Crippen molar-refractivity contribution >= 4 is 11.8 Å². The average molecular weight is 290 g/mol. The molecule has 2 bridgehead atoms. The normalized spacial score (nSPS) is 41.4. The summed E-state index contributed by atoms with van der Waals surface area (Å²) in [4.78, 5) is 25.8. The van der Waals surface area contributed by atoms with Crippen LogP contribution in [0.2, 0.25) is 0 Å². The van der Waals surface area contributed by atoms with Gasteiger partial charge in [0.25, 0.3) is 0 Å². The topological polar surface area (TPSA) is 49.4 Å². The molecule has 0 aromatic heterocycles. The molecule has 4 heteroatoms. The lowest BCUT2D eigenvalue weighted by Crippen LogP contribution is -2.48. The van der Waals surface area contributed by atoms with Gasteiger partial charge in [0.1, 0.15) is 0 Å². The molecule has 0 radical (unpaired) electrons. The predicted molar refractivity (Wildman–Crippen MR) is 79.4 cm³/mol. The summed E-state index contributed by atoms with van der Waals surface area (Å²) in [5, 5.41) is 3.26. The Bertz CT molecular complexity index is 450. The van der Waals surface area contributed by atoms with Crippen molar-refractivity contribution < 1.29 is 9.59 Å². The molecule has 1 saturated heterocycles. The Hall–Kier alpha value is -1.06. The van der Waals surface area contributed by atoms with E-state index in [1.165, 1.54) is 32.1 Å². The Morgan fingerprint density at radius 1 is 1.10 bits per heavy atom. The number of carbonyl (C=O) groups is 2. The number of rotatable bonds is 3. The van der Waals surface area contributed by atoms with Crippen molar-refractivity contribution in [1.82, 2.24) is 10.2 Å². The monoisotopic (exact) mass is 290 g/mol. The number of amides is 2. The van der Waals surface area contributed by atoms with Gasteiger partial charge in [-0.2, -0.15) is 0 Å². The molecule has 0 aromatic rings. The summed E-state index contributed by atoms with van der Waals surface area (Å²) in [7, 11) is 0. The van der Waals surface area contributed by atoms with E-state index >= 15 is 0 Å². The van der Waals surface area contributed by atoms with Crippen LogP contribution < -0.4 is 5.32 Å². The van der Waals surface area contributed by atoms with Gasteiger partial charge >= 0.3 is 0 Å². The Labute approximate surface area is 126 Å². The molecule has 1 N–H and O–H groups in total. The number of carbonyl (C=O) groups excluding carboxylic acids is 2. The zero-order valence-corrected chi connectivity index (χ0v) is 12.7. The van der Waals surface area contributed by atoms with E-state index in [4.69, 9.17) is 0 Å². The van der Waals surface area contributed by atoms with Crippen molar-refractivity contribution in [2.45, 2.75) is 57.4 Å². The van der Waals surface area contributed by atoms with Crippen molar-refractivity contribution in [3.63, 3.8) is 0 Å². The zero-order valence-electron chi connectivity index (χ0n) is 12.7. The van der Waals surface area contributed by atoms with Gasteiger partial charge in [-0.3, -0.25) is 9.59 Å². The lowest BCUT2D eigenvalue weighted by Gasteiger charge is -2.33. The molecular weight excluding hydrogens is 264 g/mol. The number of hydrogen-bond donors (Lipinski definition) is 1. The molecular formula is C17H26N2O2. The summed E-state index contributed by atoms with van der Waals surface area (Å²) in [5.41, 5.74) is 0. The Kier molecular flexibility index (Phi) is 3.43. The first-order valence-electron chi connectivity index (χ1n) is 8.79. The second kappa shape index (κ2) is 5.29. The summed E-state index contributed by atoms with van der Waals surface area (Å²) in [6, 6.07) is 0.391. The van der Waals surface area contributed by atoms with Gasteiger partial charge in [-0.05, 0) is 62.2 Å². The summed E-state index contributed by atoms with van der Waals surface area (Å²) < 4.78 is 0. The third kappa shape index (κ3) is 2.36. The maximum absolute atomic E-state index is 12.3. The fourth-order valence-electron chi connectivity index (χ4n) is 5.69. The second-order valence-corrected chi connectivity index (χ2v) is 7.60. The predicted octanol–water partition coefficient (Wildman–Crippen LogP) is 1.94. The van der Waals surface area contributed by atoms with Crippen LogP contribution >= 0.6 is 0 Å². The Morgan fingerprint density at radius 3 is 2.81 bits per heavy atom. The van der Waals surface area contributed by atoms with Crippen molar-refractivity contribution in [3.8, 4) is 0 Å². The zero-order chi connectivity index (χ0) is 14.4. The molecule has 1 heterocycles. The third-order valence-electron chi connectivity index (χ3n) is 6.53. The molecule has 4 rings (SSSR count). The fraction of sp³-hybridized carbons (Fsp3) is 0.882. The van der Waals surface area contributed by atoms with Gasteiger partial charge in [0.05, 0.1) is 6.54 Å². The smallest absolute Gasteiger partial charge is 0.239 e. The number of hydrogen-bond acceptors (Lipinski definition) is 2. The summed E-state index contributed by atoms with van der Waals surface area (Å²) in [6.45, 7) is 1.04. The molecule has 0 unspecified atom stereocenters. The van der Waals surface area contributed by atoms with Crippen molar-refractivity contribution in [2.75, 3.05) is 13.1 Å². The maximum atomic E-state index is 12.3. The van der Waals surface area contributed by atoms with E-state index in [9.17, 15) is 9.59 Å². The van der Waals surface area contributed by atoms with E-state index in [-0.39, 0.29) is 18.4 Å². The van der Waals surface area contributed by atoms with Gasteiger partial charge < -0.3 is 10.2 Å². The quantitative estimate of drug-likeness (QED) is 0.863. The highest BCUT2D eigenvalue weighted by molar-refractivity contribution is 5.85. The highest BCUT2D eigenvalue weighted by Gasteiger charge is 2.54. The van der Waals surface area contributed by atoms with Crippen LogP contribution in [0.1, 0.15) is 51.4 Å². The number of likely N-dealkylation sites (tertiary alicyclic amines) is 1. The van der Waals surface area contributed by atoms with E-state index in [1.54, 1.807) is 4.90 Å². The van der Waals surface area contributed by atoms with Gasteiger partial charge in [-0.15, -0.1) is 0 Å². The minimum atomic E-state index is 0.0670. The van der Waals surface area contributed by atoms with E-state index in [0.29, 0.717) is 12.5 Å². The Morgan fingerprint density at radius 2 is 1.95 bits per heavy atom. The molecule has 1 aliphatic heterocycles. The molecule has 4 aliphatic rings. The minimum absolute atomic E-state index is 0.0670. The molecule has 5 atom stereocenters. The number of piperidine rings is 1. The van der Waals surface area contributed by atoms with Crippen LogP contribution in [0.3, 0.4) is 0 Å². The molecule has 116 valence electrons. The number of fused-ring (bicyclic) bond motifs is 5. The maximum Gasteiger partial charge on any atom is 0.239 e. The van der Waals surface area contributed by atoms with Gasteiger partial charge in [0, 0.05) is 19.0 Å². The van der Waals surface area contributed by atoms with Gasteiger partial charge in [0.2, 0.25) is 11.8 Å². The van der Waals surface area contributed by atoms with Crippen LogP contribution in [0.25, 0.3) is 0 Å². The lowest BCUT2D eigenvalue weighted by atomic mass is 9.79. The first-order valence-corrected chi connectivity index (χ1v) is 8.79. The second-order valence-electron chi connectivity index (χ2n) is 7.60. The first-order chi connectivity index (χ1) is 10.2. The van der Waals surface area contributed by atoms with E-state index in [2.05, 4.69) is 5.32 Å². The summed E-state index contributed by atoms with van der Waals surface area (Å²) in [5.74, 6) is 3.66. The van der Waals surface area contributed by atoms with Crippen LogP contribution in [-0.2, 0) is 9.59 Å². The highest BCUT2D eigenvalue weighted by atomic mass is 16.2. The molecule has 0 aromatic carbocycles. The first kappa shape index (κ1) is 13.6. The Balaban J connectivity index is 1.32. The highest BCUT2D eigenvalue weighted by Crippen LogP contribution is 2.58. The van der Waals surface area contributed by atoms with Gasteiger partial charge in [-0.25, -0.2) is 0 Å². The molecule has 2 amide bonds. The van der Waals surface area contributed by atoms with Gasteiger partial charge in [0.15, 0.2) is 0 Å². The van der Waals surface area contributed by atoms with Crippen LogP contribution in [0.15, 0.2) is 0 Å². The number of nitrogens with zero attached hydrogens (tertiary/aromatic N) is 1. The molecule has 4 fully saturated rings. The molecule has 0 spiro atoms.